The molecule has 7 heteroatoms. The van der Waals surface area contributed by atoms with Crippen LogP contribution in [-0.4, -0.2) is 19.6 Å². The average molecular weight is 420 g/mol. The number of anilines is 1. The molecule has 29 heavy (non-hydrogen) atoms. The molecule has 0 heterocycles. The fraction of sp³-hybridized carbons (Fsp3) is 0.409. The molecule has 0 saturated heterocycles. The number of hydrogen-bond donors (Lipinski definition) is 1. The average Bonchev–Trinajstić information content (AvgIpc) is 2.60. The van der Waals surface area contributed by atoms with Crippen LogP contribution >= 0.6 is 0 Å². The van der Waals surface area contributed by atoms with Crippen molar-refractivity contribution in [1.29, 1.82) is 0 Å². The van der Waals surface area contributed by atoms with Crippen molar-refractivity contribution in [3.63, 3.8) is 0 Å². The number of rotatable bonds is 7. The highest BCUT2D eigenvalue weighted by molar-refractivity contribution is 7.89. The van der Waals surface area contributed by atoms with Gasteiger partial charge in [-0.1, -0.05) is 77.9 Å². The molecule has 0 unspecified atom stereocenters. The normalized spacial score (nSPS) is 11.9. The molecule has 0 aromatic heterocycles. The Labute approximate surface area is 173 Å². The number of carbonyl (C=O) groups is 1. The van der Waals surface area contributed by atoms with E-state index in [-0.39, 0.29) is 29.2 Å². The lowest BCUT2D eigenvalue weighted by molar-refractivity contribution is 0.205. The van der Waals surface area contributed by atoms with Gasteiger partial charge >= 0.3 is 16.4 Å². The van der Waals surface area contributed by atoms with Gasteiger partial charge in [0.2, 0.25) is 0 Å². The molecule has 0 spiro atoms. The van der Waals surface area contributed by atoms with Gasteiger partial charge in [-0.25, -0.2) is 4.79 Å². The zero-order valence-corrected chi connectivity index (χ0v) is 18.5. The van der Waals surface area contributed by atoms with Crippen LogP contribution in [0.5, 0.6) is 5.75 Å². The summed E-state index contributed by atoms with van der Waals surface area (Å²) < 4.78 is 32.2. The van der Waals surface area contributed by atoms with E-state index in [1.165, 1.54) is 6.07 Å². The van der Waals surface area contributed by atoms with Crippen LogP contribution in [0.3, 0.4) is 0 Å². The number of benzene rings is 2. The molecule has 2 aromatic carbocycles. The Morgan fingerprint density at radius 3 is 1.72 bits per heavy atom. The van der Waals surface area contributed by atoms with Gasteiger partial charge in [0.1, 0.15) is 0 Å². The second-order valence-electron chi connectivity index (χ2n) is 7.88. The third-order valence-electron chi connectivity index (χ3n) is 4.68. The molecule has 0 aliphatic rings. The fourth-order valence-corrected chi connectivity index (χ4v) is 4.28. The van der Waals surface area contributed by atoms with Crippen LogP contribution in [0.2, 0.25) is 0 Å². The van der Waals surface area contributed by atoms with E-state index in [0.29, 0.717) is 21.0 Å². The van der Waals surface area contributed by atoms with Crippen molar-refractivity contribution in [2.45, 2.75) is 59.3 Å². The smallest absolute Gasteiger partial charge is 0.428 e. The van der Waals surface area contributed by atoms with E-state index in [9.17, 15) is 18.3 Å². The zero-order valence-electron chi connectivity index (χ0n) is 17.7. The molecular formula is C22H29NO5S. The second-order valence-corrected chi connectivity index (χ2v) is 9.26. The van der Waals surface area contributed by atoms with Gasteiger partial charge in [-0.3, -0.25) is 0 Å². The minimum absolute atomic E-state index is 0.000119. The summed E-state index contributed by atoms with van der Waals surface area (Å²) in [5, 5.41) is 9.77. The third-order valence-corrected chi connectivity index (χ3v) is 5.86. The van der Waals surface area contributed by atoms with Crippen molar-refractivity contribution < 1.29 is 22.5 Å². The Hall–Kier alpha value is -2.54. The molecule has 0 atom stereocenters. The number of para-hydroxylation sites is 2. The highest BCUT2D eigenvalue weighted by atomic mass is 32.2. The molecule has 0 aliphatic heterocycles. The molecule has 1 N–H and O–H groups in total. The fourth-order valence-electron chi connectivity index (χ4n) is 3.20. The molecule has 6 nitrogen and oxygen atoms in total. The SMILES string of the molecule is CC(C)c1ccccc1N(C(=O)O)S(=O)(=O)Oc1c(C(C)C)cccc1C(C)C. The minimum atomic E-state index is -4.66. The number of carboxylic acid groups (broad SMARTS) is 1. The van der Waals surface area contributed by atoms with Gasteiger partial charge in [0.05, 0.1) is 5.69 Å². The van der Waals surface area contributed by atoms with Gasteiger partial charge in [0, 0.05) is 0 Å². The summed E-state index contributed by atoms with van der Waals surface area (Å²) in [5.41, 5.74) is 2.09. The molecule has 2 aromatic rings. The maximum Gasteiger partial charge on any atom is 0.428 e. The quantitative estimate of drug-likeness (QED) is 0.607. The minimum Gasteiger partial charge on any atom is -0.464 e. The largest absolute Gasteiger partial charge is 0.464 e. The second kappa shape index (κ2) is 8.86. The predicted octanol–water partition coefficient (Wildman–Crippen LogP) is 5.87. The highest BCUT2D eigenvalue weighted by Crippen LogP contribution is 2.37. The van der Waals surface area contributed by atoms with Crippen molar-refractivity contribution in [3.8, 4) is 5.75 Å². The van der Waals surface area contributed by atoms with Crippen LogP contribution < -0.4 is 8.49 Å². The van der Waals surface area contributed by atoms with Crippen LogP contribution in [0.4, 0.5) is 10.5 Å². The highest BCUT2D eigenvalue weighted by Gasteiger charge is 2.35. The third kappa shape index (κ3) is 4.90. The lowest BCUT2D eigenvalue weighted by Gasteiger charge is -2.25. The summed E-state index contributed by atoms with van der Waals surface area (Å²) in [7, 11) is -4.66. The van der Waals surface area contributed by atoms with Gasteiger partial charge in [-0.15, -0.1) is 4.31 Å². The van der Waals surface area contributed by atoms with Gasteiger partial charge in [0.15, 0.2) is 5.75 Å². The van der Waals surface area contributed by atoms with Gasteiger partial charge < -0.3 is 9.29 Å². The van der Waals surface area contributed by atoms with Crippen molar-refractivity contribution in [3.05, 3.63) is 59.2 Å². The van der Waals surface area contributed by atoms with Gasteiger partial charge in [-0.05, 0) is 40.5 Å². The predicted molar refractivity (Wildman–Crippen MR) is 115 cm³/mol. The van der Waals surface area contributed by atoms with E-state index in [2.05, 4.69) is 0 Å². The monoisotopic (exact) mass is 419 g/mol. The zero-order chi connectivity index (χ0) is 21.9. The van der Waals surface area contributed by atoms with Crippen LogP contribution in [0, 0.1) is 0 Å². The Morgan fingerprint density at radius 2 is 1.28 bits per heavy atom. The Bertz CT molecular complexity index is 954. The van der Waals surface area contributed by atoms with Gasteiger partial charge in [0.25, 0.3) is 0 Å². The molecule has 0 radical (unpaired) electrons. The first-order chi connectivity index (χ1) is 13.5. The molecule has 1 amide bonds. The first kappa shape index (κ1) is 22.7. The standard InChI is InChI=1S/C22H29NO5S/c1-14(2)17-10-7-8-13-20(17)23(22(24)25)29(26,27)28-21-18(15(3)4)11-9-12-19(21)16(5)6/h7-16H,1-6H3,(H,24,25). The summed E-state index contributed by atoms with van der Waals surface area (Å²) in [4.78, 5) is 12.0. The summed E-state index contributed by atoms with van der Waals surface area (Å²) in [5.74, 6) is 0.128. The topological polar surface area (TPSA) is 83.9 Å². The molecule has 2 rings (SSSR count). The van der Waals surface area contributed by atoms with Crippen molar-refractivity contribution in [2.24, 2.45) is 0 Å². The summed E-state index contributed by atoms with van der Waals surface area (Å²) >= 11 is 0. The number of nitrogens with zero attached hydrogens (tertiary/aromatic N) is 1. The number of hydrogen-bond acceptors (Lipinski definition) is 4. The Kier molecular flexibility index (Phi) is 6.95. The van der Waals surface area contributed by atoms with Crippen LogP contribution in [0.25, 0.3) is 0 Å². The first-order valence-corrected chi connectivity index (χ1v) is 11.0. The summed E-state index contributed by atoms with van der Waals surface area (Å²) in [6, 6.07) is 12.0. The van der Waals surface area contributed by atoms with Crippen molar-refractivity contribution >= 4 is 22.1 Å². The molecular weight excluding hydrogens is 390 g/mol. The van der Waals surface area contributed by atoms with Crippen LogP contribution in [-0.2, 0) is 10.3 Å². The van der Waals surface area contributed by atoms with E-state index in [1.54, 1.807) is 30.3 Å². The maximum absolute atomic E-state index is 13.2. The van der Waals surface area contributed by atoms with E-state index in [1.807, 2.05) is 47.6 Å². The van der Waals surface area contributed by atoms with E-state index < -0.39 is 16.4 Å². The van der Waals surface area contributed by atoms with Crippen molar-refractivity contribution in [1.82, 2.24) is 0 Å². The van der Waals surface area contributed by atoms with E-state index in [4.69, 9.17) is 4.18 Å². The molecule has 158 valence electrons. The van der Waals surface area contributed by atoms with E-state index in [0.717, 1.165) is 0 Å². The summed E-state index contributed by atoms with van der Waals surface area (Å²) in [6.45, 7) is 11.5. The Balaban J connectivity index is 2.65. The van der Waals surface area contributed by atoms with Gasteiger partial charge in [-0.2, -0.15) is 8.42 Å². The van der Waals surface area contributed by atoms with Crippen LogP contribution in [0.1, 0.15) is 76.0 Å². The van der Waals surface area contributed by atoms with Crippen LogP contribution in [0.15, 0.2) is 42.5 Å². The molecule has 0 saturated carbocycles. The molecule has 0 fully saturated rings. The van der Waals surface area contributed by atoms with E-state index >= 15 is 0 Å². The van der Waals surface area contributed by atoms with Crippen molar-refractivity contribution in [2.75, 3.05) is 4.31 Å². The lowest BCUT2D eigenvalue weighted by Crippen LogP contribution is -2.39. The first-order valence-electron chi connectivity index (χ1n) is 9.66. The maximum atomic E-state index is 13.2. The Morgan fingerprint density at radius 1 is 0.828 bits per heavy atom. The summed E-state index contributed by atoms with van der Waals surface area (Å²) in [6.07, 6.45) is -1.62. The lowest BCUT2D eigenvalue weighted by atomic mass is 9.94. The molecule has 0 aliphatic carbocycles. The molecule has 0 bridgehead atoms. The number of amides is 1.